The third-order valence-corrected chi connectivity index (χ3v) is 3.85. The van der Waals surface area contributed by atoms with Gasteiger partial charge in [-0.25, -0.2) is 18.0 Å². The van der Waals surface area contributed by atoms with Gasteiger partial charge >= 0.3 is 5.97 Å². The van der Waals surface area contributed by atoms with Gasteiger partial charge in [0.05, 0.1) is 5.56 Å². The average molecular weight is 344 g/mol. The molecule has 0 spiro atoms. The van der Waals surface area contributed by atoms with Crippen LogP contribution in [0, 0.1) is 17.5 Å². The Balaban J connectivity index is 1.86. The van der Waals surface area contributed by atoms with E-state index in [1.54, 1.807) is 6.07 Å². The molecule has 0 aliphatic heterocycles. The maximum absolute atomic E-state index is 14.0. The molecule has 0 fully saturated rings. The summed E-state index contributed by atoms with van der Waals surface area (Å²) >= 11 is 0. The van der Waals surface area contributed by atoms with E-state index in [1.807, 2.05) is 6.92 Å². The number of benzene rings is 3. The number of aryl methyl sites for hydroxylation is 1. The lowest BCUT2D eigenvalue weighted by molar-refractivity contribution is 0.0728. The molecule has 0 radical (unpaired) electrons. The van der Waals surface area contributed by atoms with Crippen molar-refractivity contribution in [1.29, 1.82) is 0 Å². The van der Waals surface area contributed by atoms with Gasteiger partial charge in [0, 0.05) is 0 Å². The molecule has 0 aromatic heterocycles. The van der Waals surface area contributed by atoms with Gasteiger partial charge in [-0.1, -0.05) is 25.5 Å². The predicted molar refractivity (Wildman–Crippen MR) is 89.2 cm³/mol. The van der Waals surface area contributed by atoms with E-state index in [0.29, 0.717) is 10.8 Å². The van der Waals surface area contributed by atoms with Gasteiger partial charge in [0.2, 0.25) is 0 Å². The van der Waals surface area contributed by atoms with E-state index in [9.17, 15) is 18.0 Å². The second-order valence-electron chi connectivity index (χ2n) is 5.73. The standard InChI is InChI=1S/C20H15F3O2/c1-2-3-12-4-7-19(18(23)8-12)25-20(24)14-6-5-13-10-16(21)17(22)11-15(13)9-14/h4-11H,2-3H2,1H3. The number of carbonyl (C=O) groups excluding carboxylic acids is 1. The Labute approximate surface area is 142 Å². The molecular formula is C20H15F3O2. The molecule has 5 heteroatoms. The van der Waals surface area contributed by atoms with Crippen LogP contribution in [-0.2, 0) is 6.42 Å². The van der Waals surface area contributed by atoms with E-state index in [4.69, 9.17) is 4.74 Å². The maximum atomic E-state index is 14.0. The Kier molecular flexibility index (Phi) is 4.74. The van der Waals surface area contributed by atoms with Gasteiger partial charge in [0.15, 0.2) is 23.2 Å². The molecular weight excluding hydrogens is 329 g/mol. The zero-order valence-corrected chi connectivity index (χ0v) is 13.5. The summed E-state index contributed by atoms with van der Waals surface area (Å²) in [7, 11) is 0. The second kappa shape index (κ2) is 6.97. The molecule has 0 aliphatic rings. The Morgan fingerprint density at radius 1 is 0.880 bits per heavy atom. The molecule has 0 atom stereocenters. The van der Waals surface area contributed by atoms with Crippen molar-refractivity contribution in [2.75, 3.05) is 0 Å². The summed E-state index contributed by atoms with van der Waals surface area (Å²) in [6.45, 7) is 1.99. The van der Waals surface area contributed by atoms with Crippen molar-refractivity contribution in [2.24, 2.45) is 0 Å². The molecule has 25 heavy (non-hydrogen) atoms. The lowest BCUT2D eigenvalue weighted by Gasteiger charge is -2.08. The van der Waals surface area contributed by atoms with Gasteiger partial charge in [-0.05, 0) is 59.2 Å². The average Bonchev–Trinajstić information content (AvgIpc) is 2.58. The highest BCUT2D eigenvalue weighted by Gasteiger charge is 2.14. The van der Waals surface area contributed by atoms with Gasteiger partial charge in [-0.3, -0.25) is 0 Å². The molecule has 3 aromatic rings. The molecule has 2 nitrogen and oxygen atoms in total. The Morgan fingerprint density at radius 2 is 1.60 bits per heavy atom. The molecule has 0 saturated carbocycles. The first-order chi connectivity index (χ1) is 12.0. The molecule has 0 amide bonds. The number of hydrogen-bond donors (Lipinski definition) is 0. The fourth-order valence-electron chi connectivity index (χ4n) is 2.60. The first kappa shape index (κ1) is 17.0. The van der Waals surface area contributed by atoms with Crippen molar-refractivity contribution in [3.63, 3.8) is 0 Å². The lowest BCUT2D eigenvalue weighted by atomic mass is 10.1. The van der Waals surface area contributed by atoms with Gasteiger partial charge in [0.25, 0.3) is 0 Å². The predicted octanol–water partition coefficient (Wildman–Crippen LogP) is 5.43. The third kappa shape index (κ3) is 3.65. The number of ether oxygens (including phenoxy) is 1. The number of fused-ring (bicyclic) bond motifs is 1. The van der Waals surface area contributed by atoms with Crippen LogP contribution in [-0.4, -0.2) is 5.97 Å². The number of hydrogen-bond acceptors (Lipinski definition) is 2. The summed E-state index contributed by atoms with van der Waals surface area (Å²) in [4.78, 5) is 12.2. The molecule has 3 rings (SSSR count). The summed E-state index contributed by atoms with van der Waals surface area (Å²) < 4.78 is 45.7. The van der Waals surface area contributed by atoms with E-state index < -0.39 is 23.4 Å². The van der Waals surface area contributed by atoms with E-state index in [1.165, 1.54) is 30.3 Å². The monoisotopic (exact) mass is 344 g/mol. The van der Waals surface area contributed by atoms with Crippen LogP contribution in [0.5, 0.6) is 5.75 Å². The van der Waals surface area contributed by atoms with E-state index in [-0.39, 0.29) is 11.3 Å². The van der Waals surface area contributed by atoms with Gasteiger partial charge < -0.3 is 4.74 Å². The van der Waals surface area contributed by atoms with Crippen molar-refractivity contribution >= 4 is 16.7 Å². The number of esters is 1. The van der Waals surface area contributed by atoms with Crippen LogP contribution in [0.2, 0.25) is 0 Å². The van der Waals surface area contributed by atoms with Crippen LogP contribution in [0.25, 0.3) is 10.8 Å². The van der Waals surface area contributed by atoms with E-state index in [0.717, 1.165) is 30.5 Å². The summed E-state index contributed by atoms with van der Waals surface area (Å²) in [6.07, 6.45) is 1.62. The Hall–Kier alpha value is -2.82. The van der Waals surface area contributed by atoms with Crippen LogP contribution in [0.3, 0.4) is 0 Å². The summed E-state index contributed by atoms with van der Waals surface area (Å²) in [5, 5.41) is 0.803. The van der Waals surface area contributed by atoms with Crippen LogP contribution < -0.4 is 4.74 Å². The summed E-state index contributed by atoms with van der Waals surface area (Å²) in [6, 6.07) is 10.8. The quantitative estimate of drug-likeness (QED) is 0.466. The molecule has 0 saturated heterocycles. The number of rotatable bonds is 4. The molecule has 128 valence electrons. The Morgan fingerprint density at radius 3 is 2.28 bits per heavy atom. The van der Waals surface area contributed by atoms with Crippen molar-refractivity contribution in [2.45, 2.75) is 19.8 Å². The van der Waals surface area contributed by atoms with Crippen molar-refractivity contribution in [3.8, 4) is 5.75 Å². The Bertz CT molecular complexity index is 951. The summed E-state index contributed by atoms with van der Waals surface area (Å²) in [5.74, 6) is -3.52. The fraction of sp³-hybridized carbons (Fsp3) is 0.150. The molecule has 0 bridgehead atoms. The maximum Gasteiger partial charge on any atom is 0.343 e. The minimum Gasteiger partial charge on any atom is -0.420 e. The highest BCUT2D eigenvalue weighted by molar-refractivity contribution is 5.96. The third-order valence-electron chi connectivity index (χ3n) is 3.85. The van der Waals surface area contributed by atoms with E-state index >= 15 is 0 Å². The first-order valence-corrected chi connectivity index (χ1v) is 7.87. The van der Waals surface area contributed by atoms with Crippen LogP contribution >= 0.6 is 0 Å². The summed E-state index contributed by atoms with van der Waals surface area (Å²) in [5.41, 5.74) is 0.943. The zero-order chi connectivity index (χ0) is 18.0. The van der Waals surface area contributed by atoms with E-state index in [2.05, 4.69) is 0 Å². The molecule has 0 aliphatic carbocycles. The number of halogens is 3. The topological polar surface area (TPSA) is 26.3 Å². The molecule has 0 N–H and O–H groups in total. The van der Waals surface area contributed by atoms with Crippen LogP contribution in [0.1, 0.15) is 29.3 Å². The number of carbonyl (C=O) groups is 1. The van der Waals surface area contributed by atoms with Crippen molar-refractivity contribution in [3.05, 3.63) is 77.1 Å². The van der Waals surface area contributed by atoms with Gasteiger partial charge in [0.1, 0.15) is 0 Å². The fourth-order valence-corrected chi connectivity index (χ4v) is 2.60. The molecule has 0 heterocycles. The minimum absolute atomic E-state index is 0.121. The van der Waals surface area contributed by atoms with Gasteiger partial charge in [-0.2, -0.15) is 0 Å². The molecule has 0 unspecified atom stereocenters. The van der Waals surface area contributed by atoms with Crippen LogP contribution in [0.15, 0.2) is 48.5 Å². The normalized spacial score (nSPS) is 10.9. The highest BCUT2D eigenvalue weighted by atomic mass is 19.2. The highest BCUT2D eigenvalue weighted by Crippen LogP contribution is 2.23. The van der Waals surface area contributed by atoms with Crippen molar-refractivity contribution in [1.82, 2.24) is 0 Å². The first-order valence-electron chi connectivity index (χ1n) is 7.87. The SMILES string of the molecule is CCCc1ccc(OC(=O)c2ccc3cc(F)c(F)cc3c2)c(F)c1. The zero-order valence-electron chi connectivity index (χ0n) is 13.5. The minimum atomic E-state index is -1.00. The van der Waals surface area contributed by atoms with Crippen LogP contribution in [0.4, 0.5) is 13.2 Å². The smallest absolute Gasteiger partial charge is 0.343 e. The second-order valence-corrected chi connectivity index (χ2v) is 5.73. The largest absolute Gasteiger partial charge is 0.420 e. The molecule has 3 aromatic carbocycles. The lowest BCUT2D eigenvalue weighted by Crippen LogP contribution is -2.09. The van der Waals surface area contributed by atoms with Gasteiger partial charge in [-0.15, -0.1) is 0 Å². The van der Waals surface area contributed by atoms with Crippen molar-refractivity contribution < 1.29 is 22.7 Å².